The molecule has 0 spiro atoms. The van der Waals surface area contributed by atoms with Crippen LogP contribution in [-0.2, 0) is 16.6 Å². The van der Waals surface area contributed by atoms with Crippen molar-refractivity contribution in [1.29, 1.82) is 0 Å². The maximum atomic E-state index is 12.2. The standard InChI is InChI=1S/C15H23N3O4S/c1-3-22-14-6-4-5-13(11-14)12-16-15(19)17-7-9-18(10-8-17)23(2,20)21/h4-6,11H,3,7-10,12H2,1-2H3,(H,16,19). The van der Waals surface area contributed by atoms with Crippen LogP contribution in [0.1, 0.15) is 12.5 Å². The molecule has 0 unspecified atom stereocenters. The number of rotatable bonds is 5. The molecule has 2 amide bonds. The van der Waals surface area contributed by atoms with Gasteiger partial charge in [0.1, 0.15) is 5.75 Å². The molecule has 0 saturated carbocycles. The van der Waals surface area contributed by atoms with E-state index in [1.54, 1.807) is 4.90 Å². The lowest BCUT2D eigenvalue weighted by Gasteiger charge is -2.33. The molecule has 23 heavy (non-hydrogen) atoms. The van der Waals surface area contributed by atoms with Gasteiger partial charge in [-0.3, -0.25) is 0 Å². The van der Waals surface area contributed by atoms with Gasteiger partial charge in [-0.15, -0.1) is 0 Å². The highest BCUT2D eigenvalue weighted by Gasteiger charge is 2.25. The van der Waals surface area contributed by atoms with Crippen LogP contribution in [0, 0.1) is 0 Å². The van der Waals surface area contributed by atoms with E-state index in [9.17, 15) is 13.2 Å². The quantitative estimate of drug-likeness (QED) is 0.862. The van der Waals surface area contributed by atoms with Crippen molar-refractivity contribution < 1.29 is 17.9 Å². The number of nitrogens with zero attached hydrogens (tertiary/aromatic N) is 2. The highest BCUT2D eigenvalue weighted by atomic mass is 32.2. The van der Waals surface area contributed by atoms with Crippen molar-refractivity contribution in [2.45, 2.75) is 13.5 Å². The molecule has 0 aromatic heterocycles. The molecule has 1 aromatic rings. The van der Waals surface area contributed by atoms with E-state index in [0.717, 1.165) is 11.3 Å². The summed E-state index contributed by atoms with van der Waals surface area (Å²) < 4.78 is 29.7. The molecule has 1 N–H and O–H groups in total. The number of hydrogen-bond donors (Lipinski definition) is 1. The van der Waals surface area contributed by atoms with Crippen molar-refractivity contribution in [1.82, 2.24) is 14.5 Å². The number of ether oxygens (including phenoxy) is 1. The highest BCUT2D eigenvalue weighted by Crippen LogP contribution is 2.13. The van der Waals surface area contributed by atoms with E-state index in [0.29, 0.717) is 39.3 Å². The largest absolute Gasteiger partial charge is 0.494 e. The fourth-order valence-electron chi connectivity index (χ4n) is 2.42. The Labute approximate surface area is 137 Å². The van der Waals surface area contributed by atoms with Crippen LogP contribution in [0.15, 0.2) is 24.3 Å². The molecule has 1 heterocycles. The van der Waals surface area contributed by atoms with Crippen LogP contribution >= 0.6 is 0 Å². The first-order valence-corrected chi connectivity index (χ1v) is 9.44. The summed E-state index contributed by atoms with van der Waals surface area (Å²) >= 11 is 0. The lowest BCUT2D eigenvalue weighted by molar-refractivity contribution is 0.172. The van der Waals surface area contributed by atoms with Gasteiger partial charge < -0.3 is 15.0 Å². The molecule has 0 bridgehead atoms. The average Bonchev–Trinajstić information content (AvgIpc) is 2.53. The fraction of sp³-hybridized carbons (Fsp3) is 0.533. The molecule has 0 aliphatic carbocycles. The van der Waals surface area contributed by atoms with Crippen LogP contribution in [0.3, 0.4) is 0 Å². The summed E-state index contributed by atoms with van der Waals surface area (Å²) in [6.45, 7) is 4.41. The lowest BCUT2D eigenvalue weighted by atomic mass is 10.2. The number of sulfonamides is 1. The summed E-state index contributed by atoms with van der Waals surface area (Å²) in [5.41, 5.74) is 0.957. The van der Waals surface area contributed by atoms with Gasteiger partial charge in [0, 0.05) is 32.7 Å². The Balaban J connectivity index is 1.83. The third kappa shape index (κ3) is 5.11. The number of piperazine rings is 1. The summed E-state index contributed by atoms with van der Waals surface area (Å²) in [7, 11) is -3.18. The van der Waals surface area contributed by atoms with Gasteiger partial charge in [0.15, 0.2) is 0 Å². The number of urea groups is 1. The van der Waals surface area contributed by atoms with Crippen LogP contribution in [0.4, 0.5) is 4.79 Å². The maximum Gasteiger partial charge on any atom is 0.317 e. The van der Waals surface area contributed by atoms with Crippen molar-refractivity contribution in [2.75, 3.05) is 39.0 Å². The molecular weight excluding hydrogens is 318 g/mol. The topological polar surface area (TPSA) is 79.0 Å². The molecule has 2 rings (SSSR count). The molecule has 1 aliphatic heterocycles. The van der Waals surface area contributed by atoms with Crippen molar-refractivity contribution >= 4 is 16.1 Å². The minimum atomic E-state index is -3.18. The SMILES string of the molecule is CCOc1cccc(CNC(=O)N2CCN(S(C)(=O)=O)CC2)c1. The van der Waals surface area contributed by atoms with Gasteiger partial charge in [-0.2, -0.15) is 4.31 Å². The molecule has 1 fully saturated rings. The highest BCUT2D eigenvalue weighted by molar-refractivity contribution is 7.88. The maximum absolute atomic E-state index is 12.2. The molecule has 7 nitrogen and oxygen atoms in total. The normalized spacial score (nSPS) is 16.2. The van der Waals surface area contributed by atoms with Gasteiger partial charge in [0.25, 0.3) is 0 Å². The molecule has 0 radical (unpaired) electrons. The summed E-state index contributed by atoms with van der Waals surface area (Å²) in [6, 6.07) is 7.40. The Hall–Kier alpha value is -1.80. The lowest BCUT2D eigenvalue weighted by Crippen LogP contribution is -2.52. The molecule has 1 aromatic carbocycles. The van der Waals surface area contributed by atoms with Crippen molar-refractivity contribution in [2.24, 2.45) is 0 Å². The zero-order valence-electron chi connectivity index (χ0n) is 13.5. The first-order valence-electron chi connectivity index (χ1n) is 7.60. The monoisotopic (exact) mass is 341 g/mol. The fourth-order valence-corrected chi connectivity index (χ4v) is 3.25. The van der Waals surface area contributed by atoms with Crippen LogP contribution in [0.5, 0.6) is 5.75 Å². The number of hydrogen-bond acceptors (Lipinski definition) is 4. The smallest absolute Gasteiger partial charge is 0.317 e. The average molecular weight is 341 g/mol. The number of carbonyl (C=O) groups excluding carboxylic acids is 1. The third-order valence-corrected chi connectivity index (χ3v) is 4.95. The zero-order chi connectivity index (χ0) is 16.9. The second kappa shape index (κ2) is 7.65. The minimum absolute atomic E-state index is 0.181. The van der Waals surface area contributed by atoms with Gasteiger partial charge in [-0.05, 0) is 24.6 Å². The second-order valence-corrected chi connectivity index (χ2v) is 7.37. The first kappa shape index (κ1) is 17.6. The summed E-state index contributed by atoms with van der Waals surface area (Å²) in [5, 5.41) is 2.86. The Morgan fingerprint density at radius 2 is 1.96 bits per heavy atom. The number of carbonyl (C=O) groups is 1. The van der Waals surface area contributed by atoms with E-state index < -0.39 is 10.0 Å². The Morgan fingerprint density at radius 3 is 2.57 bits per heavy atom. The predicted octanol–water partition coefficient (Wildman–Crippen LogP) is 0.872. The van der Waals surface area contributed by atoms with Crippen molar-refractivity contribution in [3.8, 4) is 5.75 Å². The molecule has 1 saturated heterocycles. The summed E-state index contributed by atoms with van der Waals surface area (Å²) in [5.74, 6) is 0.779. The molecule has 8 heteroatoms. The summed E-state index contributed by atoms with van der Waals surface area (Å²) in [6.07, 6.45) is 1.19. The van der Waals surface area contributed by atoms with E-state index >= 15 is 0 Å². The molecule has 0 atom stereocenters. The Morgan fingerprint density at radius 1 is 1.26 bits per heavy atom. The Kier molecular flexibility index (Phi) is 5.84. The van der Waals surface area contributed by atoms with Crippen molar-refractivity contribution in [3.05, 3.63) is 29.8 Å². The summed E-state index contributed by atoms with van der Waals surface area (Å²) in [4.78, 5) is 13.8. The van der Waals surface area contributed by atoms with Crippen LogP contribution in [0.2, 0.25) is 0 Å². The van der Waals surface area contributed by atoms with Crippen LogP contribution < -0.4 is 10.1 Å². The van der Waals surface area contributed by atoms with Crippen LogP contribution in [-0.4, -0.2) is 62.7 Å². The molecule has 128 valence electrons. The number of nitrogens with one attached hydrogen (secondary N) is 1. The second-order valence-electron chi connectivity index (χ2n) is 5.39. The Bertz CT molecular complexity index is 640. The zero-order valence-corrected chi connectivity index (χ0v) is 14.3. The van der Waals surface area contributed by atoms with Gasteiger partial charge in [-0.1, -0.05) is 12.1 Å². The third-order valence-electron chi connectivity index (χ3n) is 3.65. The van der Waals surface area contributed by atoms with E-state index in [1.807, 2.05) is 31.2 Å². The molecular formula is C15H23N3O4S. The van der Waals surface area contributed by atoms with E-state index in [1.165, 1.54) is 10.6 Å². The van der Waals surface area contributed by atoms with Gasteiger partial charge in [0.2, 0.25) is 10.0 Å². The first-order chi connectivity index (χ1) is 10.9. The van der Waals surface area contributed by atoms with E-state index in [-0.39, 0.29) is 6.03 Å². The molecule has 1 aliphatic rings. The van der Waals surface area contributed by atoms with Crippen molar-refractivity contribution in [3.63, 3.8) is 0 Å². The number of benzene rings is 1. The van der Waals surface area contributed by atoms with E-state index in [2.05, 4.69) is 5.32 Å². The number of amides is 2. The minimum Gasteiger partial charge on any atom is -0.494 e. The van der Waals surface area contributed by atoms with Gasteiger partial charge in [0.05, 0.1) is 12.9 Å². The van der Waals surface area contributed by atoms with Gasteiger partial charge >= 0.3 is 6.03 Å². The van der Waals surface area contributed by atoms with Crippen LogP contribution in [0.25, 0.3) is 0 Å². The van der Waals surface area contributed by atoms with Gasteiger partial charge in [-0.25, -0.2) is 13.2 Å². The predicted molar refractivity (Wildman–Crippen MR) is 87.8 cm³/mol. The van der Waals surface area contributed by atoms with E-state index in [4.69, 9.17) is 4.74 Å².